The molecule has 0 aliphatic rings. The number of rotatable bonds is 6. The Morgan fingerprint density at radius 3 is 2.26 bits per heavy atom. The quantitative estimate of drug-likeness (QED) is 0.533. The van der Waals surface area contributed by atoms with Gasteiger partial charge >= 0.3 is 6.18 Å². The Hall–Kier alpha value is -2.48. The van der Waals surface area contributed by atoms with E-state index in [-0.39, 0.29) is 5.75 Å². The first-order valence-corrected chi connectivity index (χ1v) is 9.22. The SMILES string of the molecule is COc1ccc(-c2nnc(SCCC(F)(F)F)n2-c2ccc(C)cc2)cc1. The predicted octanol–water partition coefficient (Wildman–Crippen LogP) is 5.30. The number of halogens is 3. The normalized spacial score (nSPS) is 11.6. The molecule has 0 atom stereocenters. The molecule has 2 aromatic carbocycles. The van der Waals surface area contributed by atoms with Crippen molar-refractivity contribution in [3.05, 3.63) is 54.1 Å². The molecule has 0 amide bonds. The fourth-order valence-electron chi connectivity index (χ4n) is 2.48. The number of ether oxygens (including phenoxy) is 1. The fourth-order valence-corrected chi connectivity index (χ4v) is 3.41. The third-order valence-corrected chi connectivity index (χ3v) is 4.82. The van der Waals surface area contributed by atoms with Crippen LogP contribution in [0.1, 0.15) is 12.0 Å². The summed E-state index contributed by atoms with van der Waals surface area (Å²) in [7, 11) is 1.58. The van der Waals surface area contributed by atoms with E-state index in [1.807, 2.05) is 43.3 Å². The lowest BCUT2D eigenvalue weighted by molar-refractivity contribution is -0.129. The average Bonchev–Trinajstić information content (AvgIpc) is 3.05. The van der Waals surface area contributed by atoms with Crippen LogP contribution in [0.15, 0.2) is 53.7 Å². The number of hydrogen-bond donors (Lipinski definition) is 0. The molecule has 4 nitrogen and oxygen atoms in total. The molecule has 0 fully saturated rings. The maximum Gasteiger partial charge on any atom is 0.389 e. The molecular weight excluding hydrogens is 375 g/mol. The summed E-state index contributed by atoms with van der Waals surface area (Å²) in [5.41, 5.74) is 2.68. The van der Waals surface area contributed by atoms with Gasteiger partial charge in [-0.1, -0.05) is 29.5 Å². The Morgan fingerprint density at radius 1 is 1.00 bits per heavy atom. The van der Waals surface area contributed by atoms with Crippen LogP contribution < -0.4 is 4.74 Å². The Bertz CT molecular complexity index is 890. The van der Waals surface area contributed by atoms with E-state index in [9.17, 15) is 13.2 Å². The molecule has 3 rings (SSSR count). The first-order chi connectivity index (χ1) is 12.9. The number of methoxy groups -OCH3 is 1. The van der Waals surface area contributed by atoms with Crippen LogP contribution in [0, 0.1) is 6.92 Å². The minimum absolute atomic E-state index is 0.115. The Balaban J connectivity index is 1.98. The van der Waals surface area contributed by atoms with Gasteiger partial charge in [0, 0.05) is 17.0 Å². The van der Waals surface area contributed by atoms with Gasteiger partial charge in [-0.3, -0.25) is 4.57 Å². The molecular formula is C19H18F3N3OS. The molecule has 0 unspecified atom stereocenters. The van der Waals surface area contributed by atoms with Crippen molar-refractivity contribution in [1.29, 1.82) is 0 Å². The molecule has 0 N–H and O–H groups in total. The van der Waals surface area contributed by atoms with Crippen LogP contribution in [0.4, 0.5) is 13.2 Å². The zero-order valence-electron chi connectivity index (χ0n) is 14.8. The van der Waals surface area contributed by atoms with E-state index >= 15 is 0 Å². The largest absolute Gasteiger partial charge is 0.497 e. The molecule has 0 bridgehead atoms. The number of benzene rings is 2. The topological polar surface area (TPSA) is 39.9 Å². The molecule has 1 heterocycles. The Kier molecular flexibility index (Phi) is 5.74. The van der Waals surface area contributed by atoms with E-state index in [4.69, 9.17) is 4.74 Å². The number of nitrogens with zero attached hydrogens (tertiary/aromatic N) is 3. The van der Waals surface area contributed by atoms with Gasteiger partial charge in [0.1, 0.15) is 5.75 Å². The Labute approximate surface area is 159 Å². The molecule has 27 heavy (non-hydrogen) atoms. The summed E-state index contributed by atoms with van der Waals surface area (Å²) in [6.07, 6.45) is -5.07. The number of aryl methyl sites for hydroxylation is 1. The summed E-state index contributed by atoms with van der Waals surface area (Å²) in [5.74, 6) is 1.16. The van der Waals surface area contributed by atoms with Gasteiger partial charge in [-0.15, -0.1) is 10.2 Å². The van der Waals surface area contributed by atoms with Crippen LogP contribution in [-0.4, -0.2) is 33.8 Å². The van der Waals surface area contributed by atoms with Crippen molar-refractivity contribution in [3.63, 3.8) is 0 Å². The molecule has 0 radical (unpaired) electrons. The molecule has 0 aliphatic heterocycles. The van der Waals surface area contributed by atoms with Crippen LogP contribution in [-0.2, 0) is 0 Å². The number of thioether (sulfide) groups is 1. The molecule has 142 valence electrons. The summed E-state index contributed by atoms with van der Waals surface area (Å²) in [5, 5.41) is 8.78. The highest BCUT2D eigenvalue weighted by Gasteiger charge is 2.27. The second-order valence-corrected chi connectivity index (χ2v) is 6.98. The molecule has 8 heteroatoms. The van der Waals surface area contributed by atoms with Crippen molar-refractivity contribution in [3.8, 4) is 22.8 Å². The van der Waals surface area contributed by atoms with Crippen LogP contribution in [0.5, 0.6) is 5.75 Å². The highest BCUT2D eigenvalue weighted by molar-refractivity contribution is 7.99. The molecule has 0 saturated carbocycles. The highest BCUT2D eigenvalue weighted by atomic mass is 32.2. The third kappa shape index (κ3) is 4.82. The molecule has 0 spiro atoms. The lowest BCUT2D eigenvalue weighted by Gasteiger charge is -2.11. The molecule has 0 aliphatic carbocycles. The van der Waals surface area contributed by atoms with Crippen LogP contribution in [0.3, 0.4) is 0 Å². The lowest BCUT2D eigenvalue weighted by Crippen LogP contribution is -2.08. The standard InChI is InChI=1S/C19H18F3N3OS/c1-13-3-7-15(8-4-13)25-17(14-5-9-16(26-2)10-6-14)23-24-18(25)27-12-11-19(20,21)22/h3-10H,11-12H2,1-2H3. The summed E-state index contributed by atoms with van der Waals surface area (Å²) in [6.45, 7) is 1.97. The van der Waals surface area contributed by atoms with E-state index in [0.29, 0.717) is 16.7 Å². The van der Waals surface area contributed by atoms with E-state index in [1.165, 1.54) is 0 Å². The van der Waals surface area contributed by atoms with Gasteiger partial charge in [-0.05, 0) is 43.3 Å². The first kappa shape index (κ1) is 19.3. The summed E-state index contributed by atoms with van der Waals surface area (Å²) < 4.78 is 44.4. The zero-order valence-corrected chi connectivity index (χ0v) is 15.6. The summed E-state index contributed by atoms with van der Waals surface area (Å²) in [6, 6.07) is 15.0. The second kappa shape index (κ2) is 8.04. The van der Waals surface area contributed by atoms with Crippen molar-refractivity contribution in [2.24, 2.45) is 0 Å². The van der Waals surface area contributed by atoms with Gasteiger partial charge in [0.25, 0.3) is 0 Å². The van der Waals surface area contributed by atoms with Crippen molar-refractivity contribution >= 4 is 11.8 Å². The third-order valence-electron chi connectivity index (χ3n) is 3.89. The van der Waals surface area contributed by atoms with Gasteiger partial charge in [-0.2, -0.15) is 13.2 Å². The van der Waals surface area contributed by atoms with E-state index in [2.05, 4.69) is 10.2 Å². The molecule has 0 saturated heterocycles. The number of aromatic nitrogens is 3. The van der Waals surface area contributed by atoms with Crippen molar-refractivity contribution in [2.75, 3.05) is 12.9 Å². The highest BCUT2D eigenvalue weighted by Crippen LogP contribution is 2.31. The fraction of sp³-hybridized carbons (Fsp3) is 0.263. The van der Waals surface area contributed by atoms with E-state index < -0.39 is 12.6 Å². The van der Waals surface area contributed by atoms with Crippen LogP contribution in [0.2, 0.25) is 0 Å². The van der Waals surface area contributed by atoms with Crippen molar-refractivity contribution < 1.29 is 17.9 Å². The lowest BCUT2D eigenvalue weighted by atomic mass is 10.2. The number of alkyl halides is 3. The summed E-state index contributed by atoms with van der Waals surface area (Å²) >= 11 is 1.04. The zero-order chi connectivity index (χ0) is 19.4. The Morgan fingerprint density at radius 2 is 1.67 bits per heavy atom. The van der Waals surface area contributed by atoms with Crippen LogP contribution >= 0.6 is 11.8 Å². The van der Waals surface area contributed by atoms with Gasteiger partial charge in [-0.25, -0.2) is 0 Å². The molecule has 1 aromatic heterocycles. The maximum absolute atomic E-state index is 12.5. The smallest absolute Gasteiger partial charge is 0.389 e. The van der Waals surface area contributed by atoms with Gasteiger partial charge < -0.3 is 4.74 Å². The maximum atomic E-state index is 12.5. The minimum Gasteiger partial charge on any atom is -0.497 e. The summed E-state index contributed by atoms with van der Waals surface area (Å²) in [4.78, 5) is 0. The van der Waals surface area contributed by atoms with E-state index in [0.717, 1.165) is 28.6 Å². The van der Waals surface area contributed by atoms with Crippen molar-refractivity contribution in [1.82, 2.24) is 14.8 Å². The van der Waals surface area contributed by atoms with E-state index in [1.54, 1.807) is 23.8 Å². The minimum atomic E-state index is -4.19. The monoisotopic (exact) mass is 393 g/mol. The van der Waals surface area contributed by atoms with Gasteiger partial charge in [0.05, 0.1) is 13.5 Å². The predicted molar refractivity (Wildman–Crippen MR) is 99.5 cm³/mol. The first-order valence-electron chi connectivity index (χ1n) is 8.24. The molecule has 3 aromatic rings. The van der Waals surface area contributed by atoms with Crippen LogP contribution in [0.25, 0.3) is 17.1 Å². The number of hydrogen-bond acceptors (Lipinski definition) is 4. The van der Waals surface area contributed by atoms with Crippen molar-refractivity contribution in [2.45, 2.75) is 24.7 Å². The second-order valence-electron chi connectivity index (χ2n) is 5.92. The van der Waals surface area contributed by atoms with Gasteiger partial charge in [0.15, 0.2) is 11.0 Å². The average molecular weight is 393 g/mol. The van der Waals surface area contributed by atoms with Gasteiger partial charge in [0.2, 0.25) is 0 Å².